The molecule has 0 saturated heterocycles. The second kappa shape index (κ2) is 5.68. The topological polar surface area (TPSA) is 17.8 Å². The van der Waals surface area contributed by atoms with Crippen LogP contribution in [0.15, 0.2) is 45.3 Å². The lowest BCUT2D eigenvalue weighted by Crippen LogP contribution is -1.99. The van der Waals surface area contributed by atoms with Gasteiger partial charge in [0.25, 0.3) is 0 Å². The average molecular weight is 435 g/mol. The average Bonchev–Trinajstić information content (AvgIpc) is 2.79. The maximum atomic E-state index is 6.19. The van der Waals surface area contributed by atoms with Gasteiger partial charge in [-0.3, -0.25) is 4.57 Å². The molecule has 0 atom stereocenters. The molecule has 2 nitrogen and oxygen atoms in total. The van der Waals surface area contributed by atoms with Crippen molar-refractivity contribution in [1.82, 2.24) is 9.55 Å². The largest absolute Gasteiger partial charge is 0.295 e. The van der Waals surface area contributed by atoms with Gasteiger partial charge in [-0.25, -0.2) is 4.98 Å². The second-order valence-electron chi connectivity index (χ2n) is 4.23. The van der Waals surface area contributed by atoms with Crippen molar-refractivity contribution in [2.24, 2.45) is 0 Å². The summed E-state index contributed by atoms with van der Waals surface area (Å²) in [6.07, 6.45) is 0. The second-order valence-corrected chi connectivity index (χ2v) is 6.67. The zero-order valence-corrected chi connectivity index (χ0v) is 14.8. The summed E-state index contributed by atoms with van der Waals surface area (Å²) >= 11 is 19.1. The van der Waals surface area contributed by atoms with Crippen LogP contribution in [-0.4, -0.2) is 9.55 Å². The molecule has 0 amide bonds. The monoisotopic (exact) mass is 432 g/mol. The highest BCUT2D eigenvalue weighted by atomic mass is 79.9. The van der Waals surface area contributed by atoms with Crippen LogP contribution in [0.5, 0.6) is 0 Å². The van der Waals surface area contributed by atoms with E-state index in [4.69, 9.17) is 23.2 Å². The van der Waals surface area contributed by atoms with Crippen LogP contribution in [0.3, 0.4) is 0 Å². The SMILES string of the molecule is ClCc1nc2ccc(Br)cc2n1-c1ccc(Br)c(Cl)c1. The van der Waals surface area contributed by atoms with Crippen LogP contribution in [0.1, 0.15) is 5.82 Å². The van der Waals surface area contributed by atoms with Crippen LogP contribution in [0.25, 0.3) is 16.7 Å². The number of nitrogens with zero attached hydrogens (tertiary/aromatic N) is 2. The normalized spacial score (nSPS) is 11.2. The standard InChI is InChI=1S/C14H8Br2Cl2N2/c15-8-1-4-12-13(5-8)20(14(7-17)19-12)9-2-3-10(16)11(18)6-9/h1-6H,7H2. The van der Waals surface area contributed by atoms with Crippen LogP contribution >= 0.6 is 55.1 Å². The van der Waals surface area contributed by atoms with Crippen LogP contribution in [-0.2, 0) is 5.88 Å². The fourth-order valence-corrected chi connectivity index (χ4v) is 3.05. The summed E-state index contributed by atoms with van der Waals surface area (Å²) in [5.74, 6) is 1.12. The van der Waals surface area contributed by atoms with E-state index in [0.29, 0.717) is 10.9 Å². The third-order valence-corrected chi connectivity index (χ3v) is 4.93. The maximum Gasteiger partial charge on any atom is 0.129 e. The lowest BCUT2D eigenvalue weighted by Gasteiger charge is -2.09. The molecule has 20 heavy (non-hydrogen) atoms. The van der Waals surface area contributed by atoms with Gasteiger partial charge in [-0.05, 0) is 52.3 Å². The van der Waals surface area contributed by atoms with E-state index >= 15 is 0 Å². The van der Waals surface area contributed by atoms with Gasteiger partial charge in [-0.15, -0.1) is 11.6 Å². The van der Waals surface area contributed by atoms with Gasteiger partial charge in [-0.2, -0.15) is 0 Å². The number of hydrogen-bond acceptors (Lipinski definition) is 1. The first-order valence-corrected chi connectivity index (χ1v) is 8.28. The Morgan fingerprint density at radius 3 is 2.60 bits per heavy atom. The Kier molecular flexibility index (Phi) is 4.09. The van der Waals surface area contributed by atoms with Crippen LogP contribution in [0.2, 0.25) is 5.02 Å². The minimum absolute atomic E-state index is 0.333. The highest BCUT2D eigenvalue weighted by Crippen LogP contribution is 2.29. The Balaban J connectivity index is 2.32. The van der Waals surface area contributed by atoms with Gasteiger partial charge >= 0.3 is 0 Å². The molecule has 6 heteroatoms. The van der Waals surface area contributed by atoms with E-state index in [1.807, 2.05) is 41.0 Å². The van der Waals surface area contributed by atoms with Crippen LogP contribution in [0.4, 0.5) is 0 Å². The molecule has 0 unspecified atom stereocenters. The van der Waals surface area contributed by atoms with Crippen molar-refractivity contribution >= 4 is 66.1 Å². The van der Waals surface area contributed by atoms with Crippen LogP contribution in [0, 0.1) is 0 Å². The van der Waals surface area contributed by atoms with E-state index in [1.165, 1.54) is 0 Å². The van der Waals surface area contributed by atoms with Gasteiger partial charge < -0.3 is 0 Å². The first-order valence-electron chi connectivity index (χ1n) is 5.78. The number of rotatable bonds is 2. The first kappa shape index (κ1) is 14.4. The lowest BCUT2D eigenvalue weighted by molar-refractivity contribution is 0.981. The fraction of sp³-hybridized carbons (Fsp3) is 0.0714. The molecule has 0 radical (unpaired) electrons. The van der Waals surface area contributed by atoms with Crippen molar-refractivity contribution in [2.75, 3.05) is 0 Å². The molecule has 3 aromatic rings. The van der Waals surface area contributed by atoms with E-state index in [2.05, 4.69) is 36.8 Å². The Morgan fingerprint density at radius 1 is 1.10 bits per heavy atom. The first-order chi connectivity index (χ1) is 9.60. The molecule has 0 saturated carbocycles. The minimum atomic E-state index is 0.333. The summed E-state index contributed by atoms with van der Waals surface area (Å²) in [6.45, 7) is 0. The summed E-state index contributed by atoms with van der Waals surface area (Å²) in [4.78, 5) is 4.56. The number of alkyl halides is 1. The number of fused-ring (bicyclic) bond motifs is 1. The van der Waals surface area contributed by atoms with Crippen molar-refractivity contribution in [3.8, 4) is 5.69 Å². The smallest absolute Gasteiger partial charge is 0.129 e. The molecule has 2 aromatic carbocycles. The van der Waals surface area contributed by atoms with E-state index in [9.17, 15) is 0 Å². The molecule has 1 aromatic heterocycles. The molecule has 0 bridgehead atoms. The zero-order valence-electron chi connectivity index (χ0n) is 10.1. The predicted molar refractivity (Wildman–Crippen MR) is 91.0 cm³/mol. The molecule has 0 spiro atoms. The molecule has 0 fully saturated rings. The molecular weight excluding hydrogens is 427 g/mol. The predicted octanol–water partition coefficient (Wildman–Crippen LogP) is 5.94. The summed E-state index contributed by atoms with van der Waals surface area (Å²) in [7, 11) is 0. The van der Waals surface area contributed by atoms with E-state index in [-0.39, 0.29) is 0 Å². The van der Waals surface area contributed by atoms with Crippen molar-refractivity contribution in [1.29, 1.82) is 0 Å². The highest BCUT2D eigenvalue weighted by Gasteiger charge is 2.13. The van der Waals surface area contributed by atoms with E-state index in [1.54, 1.807) is 0 Å². The molecule has 0 aliphatic rings. The number of hydrogen-bond donors (Lipinski definition) is 0. The number of benzene rings is 2. The summed E-state index contributed by atoms with van der Waals surface area (Å²) in [5, 5.41) is 0.653. The summed E-state index contributed by atoms with van der Waals surface area (Å²) in [6, 6.07) is 11.7. The molecular formula is C14H8Br2Cl2N2. The molecule has 0 aliphatic carbocycles. The number of aromatic nitrogens is 2. The Hall–Kier alpha value is -0.550. The Labute approximate surface area is 143 Å². The molecule has 0 N–H and O–H groups in total. The Bertz CT molecular complexity index is 799. The van der Waals surface area contributed by atoms with Gasteiger partial charge in [0.05, 0.1) is 21.9 Å². The molecule has 3 rings (SSSR count). The van der Waals surface area contributed by atoms with Crippen molar-refractivity contribution < 1.29 is 0 Å². The molecule has 0 aliphatic heterocycles. The lowest BCUT2D eigenvalue weighted by atomic mass is 10.3. The van der Waals surface area contributed by atoms with Crippen molar-refractivity contribution in [3.05, 3.63) is 56.2 Å². The summed E-state index contributed by atoms with van der Waals surface area (Å²) < 4.78 is 3.88. The third kappa shape index (κ3) is 2.50. The summed E-state index contributed by atoms with van der Waals surface area (Å²) in [5.41, 5.74) is 2.84. The van der Waals surface area contributed by atoms with Crippen molar-refractivity contribution in [2.45, 2.75) is 5.88 Å². The third-order valence-electron chi connectivity index (χ3n) is 2.97. The zero-order chi connectivity index (χ0) is 14.3. The number of imidazole rings is 1. The van der Waals surface area contributed by atoms with Gasteiger partial charge in [-0.1, -0.05) is 27.5 Å². The Morgan fingerprint density at radius 2 is 1.90 bits per heavy atom. The quantitative estimate of drug-likeness (QED) is 0.456. The van der Waals surface area contributed by atoms with E-state index in [0.717, 1.165) is 31.5 Å². The number of halogens is 4. The van der Waals surface area contributed by atoms with Gasteiger partial charge in [0.15, 0.2) is 0 Å². The fourth-order valence-electron chi connectivity index (χ4n) is 2.10. The van der Waals surface area contributed by atoms with Gasteiger partial charge in [0.1, 0.15) is 5.82 Å². The van der Waals surface area contributed by atoms with Gasteiger partial charge in [0, 0.05) is 14.6 Å². The molecule has 102 valence electrons. The van der Waals surface area contributed by atoms with Crippen LogP contribution < -0.4 is 0 Å². The highest BCUT2D eigenvalue weighted by molar-refractivity contribution is 9.10. The van der Waals surface area contributed by atoms with Crippen molar-refractivity contribution in [3.63, 3.8) is 0 Å². The minimum Gasteiger partial charge on any atom is -0.295 e. The molecule has 1 heterocycles. The van der Waals surface area contributed by atoms with E-state index < -0.39 is 0 Å². The maximum absolute atomic E-state index is 6.19. The van der Waals surface area contributed by atoms with Gasteiger partial charge in [0.2, 0.25) is 0 Å².